The molecule has 2 atom stereocenters. The standard InChI is InChI=1S/C19H16N2O3S/c1-13-3-9-16(10-4-13)25(22,23)18-17(19(18,11-20)12-21)14-5-7-15(24-2)8-6-14/h3-10,17-18H,1-2H3/t17-,18+/m1/s1. The second kappa shape index (κ2) is 5.91. The van der Waals surface area contributed by atoms with Gasteiger partial charge in [-0.3, -0.25) is 0 Å². The highest BCUT2D eigenvalue weighted by Crippen LogP contribution is 2.63. The highest BCUT2D eigenvalue weighted by atomic mass is 32.2. The van der Waals surface area contributed by atoms with Crippen molar-refractivity contribution in [3.8, 4) is 17.9 Å². The molecule has 1 aliphatic carbocycles. The van der Waals surface area contributed by atoms with Crippen LogP contribution in [-0.4, -0.2) is 20.8 Å². The van der Waals surface area contributed by atoms with Gasteiger partial charge in [0.05, 0.1) is 24.1 Å². The van der Waals surface area contributed by atoms with Crippen LogP contribution in [0.2, 0.25) is 0 Å². The minimum absolute atomic E-state index is 0.133. The van der Waals surface area contributed by atoms with E-state index in [9.17, 15) is 18.9 Å². The molecule has 0 bridgehead atoms. The molecular weight excluding hydrogens is 336 g/mol. The van der Waals surface area contributed by atoms with Crippen molar-refractivity contribution < 1.29 is 13.2 Å². The third kappa shape index (κ3) is 2.56. The van der Waals surface area contributed by atoms with Gasteiger partial charge in [0.1, 0.15) is 11.0 Å². The second-order valence-corrected chi connectivity index (χ2v) is 8.19. The summed E-state index contributed by atoms with van der Waals surface area (Å²) in [4.78, 5) is 0.133. The maximum Gasteiger partial charge on any atom is 0.184 e. The molecule has 1 aliphatic rings. The van der Waals surface area contributed by atoms with Crippen molar-refractivity contribution in [1.82, 2.24) is 0 Å². The average Bonchev–Trinajstić information content (AvgIpc) is 3.33. The molecule has 1 saturated carbocycles. The van der Waals surface area contributed by atoms with E-state index < -0.39 is 26.4 Å². The number of aryl methyl sites for hydroxylation is 1. The van der Waals surface area contributed by atoms with Gasteiger partial charge in [0, 0.05) is 5.92 Å². The van der Waals surface area contributed by atoms with Crippen LogP contribution in [0.25, 0.3) is 0 Å². The van der Waals surface area contributed by atoms with Gasteiger partial charge in [-0.1, -0.05) is 29.8 Å². The van der Waals surface area contributed by atoms with Gasteiger partial charge in [0.2, 0.25) is 0 Å². The monoisotopic (exact) mass is 352 g/mol. The predicted octanol–water partition coefficient (Wildman–Crippen LogP) is 2.98. The van der Waals surface area contributed by atoms with E-state index in [2.05, 4.69) is 0 Å². The maximum absolute atomic E-state index is 13.0. The molecule has 0 unspecified atom stereocenters. The van der Waals surface area contributed by atoms with E-state index in [1.54, 1.807) is 36.4 Å². The summed E-state index contributed by atoms with van der Waals surface area (Å²) in [5.74, 6) is -0.0541. The third-order valence-electron chi connectivity index (χ3n) is 4.66. The van der Waals surface area contributed by atoms with Crippen molar-refractivity contribution in [3.05, 3.63) is 59.7 Å². The van der Waals surface area contributed by atoms with Crippen molar-refractivity contribution in [2.45, 2.75) is 23.0 Å². The summed E-state index contributed by atoms with van der Waals surface area (Å²) in [5.41, 5.74) is 0.0102. The molecule has 0 saturated heterocycles. The molecule has 2 aromatic carbocycles. The van der Waals surface area contributed by atoms with E-state index in [0.717, 1.165) is 5.56 Å². The summed E-state index contributed by atoms with van der Waals surface area (Å²) in [6.07, 6.45) is 0. The Morgan fingerprint density at radius 1 is 1.00 bits per heavy atom. The van der Waals surface area contributed by atoms with Crippen LogP contribution in [0.5, 0.6) is 5.75 Å². The first-order chi connectivity index (χ1) is 11.9. The lowest BCUT2D eigenvalue weighted by Gasteiger charge is -2.05. The van der Waals surface area contributed by atoms with Gasteiger partial charge < -0.3 is 4.74 Å². The molecule has 25 heavy (non-hydrogen) atoms. The maximum atomic E-state index is 13.0. The van der Waals surface area contributed by atoms with Crippen molar-refractivity contribution in [3.63, 3.8) is 0 Å². The summed E-state index contributed by atoms with van der Waals surface area (Å²) < 4.78 is 31.1. The molecule has 0 spiro atoms. The Morgan fingerprint density at radius 2 is 1.56 bits per heavy atom. The number of sulfone groups is 1. The van der Waals surface area contributed by atoms with Crippen LogP contribution in [0, 0.1) is 35.0 Å². The Hall–Kier alpha value is -2.83. The van der Waals surface area contributed by atoms with Crippen LogP contribution in [-0.2, 0) is 9.84 Å². The molecule has 1 fully saturated rings. The van der Waals surface area contributed by atoms with E-state index >= 15 is 0 Å². The summed E-state index contributed by atoms with van der Waals surface area (Å²) >= 11 is 0. The molecule has 5 nitrogen and oxygen atoms in total. The van der Waals surface area contributed by atoms with E-state index in [4.69, 9.17) is 4.74 Å². The number of hydrogen-bond acceptors (Lipinski definition) is 5. The predicted molar refractivity (Wildman–Crippen MR) is 91.5 cm³/mol. The first-order valence-corrected chi connectivity index (χ1v) is 9.22. The molecule has 126 valence electrons. The molecule has 0 amide bonds. The Morgan fingerprint density at radius 3 is 2.04 bits per heavy atom. The minimum Gasteiger partial charge on any atom is -0.497 e. The third-order valence-corrected chi connectivity index (χ3v) is 6.90. The lowest BCUT2D eigenvalue weighted by molar-refractivity contribution is 0.414. The van der Waals surface area contributed by atoms with Crippen molar-refractivity contribution in [2.75, 3.05) is 7.11 Å². The number of ether oxygens (including phenoxy) is 1. The van der Waals surface area contributed by atoms with Crippen LogP contribution >= 0.6 is 0 Å². The first kappa shape index (κ1) is 17.0. The fourth-order valence-electron chi connectivity index (χ4n) is 3.19. The van der Waals surface area contributed by atoms with E-state index in [-0.39, 0.29) is 4.90 Å². The average molecular weight is 352 g/mol. The zero-order valence-electron chi connectivity index (χ0n) is 13.8. The molecular formula is C19H16N2O3S. The number of benzene rings is 2. The first-order valence-electron chi connectivity index (χ1n) is 7.67. The van der Waals surface area contributed by atoms with Crippen LogP contribution < -0.4 is 4.74 Å². The minimum atomic E-state index is -3.80. The SMILES string of the molecule is COc1ccc([C@@H]2[C@H](S(=O)(=O)c3ccc(C)cc3)C2(C#N)C#N)cc1. The van der Waals surface area contributed by atoms with Gasteiger partial charge in [-0.05, 0) is 36.8 Å². The molecule has 0 N–H and O–H groups in total. The van der Waals surface area contributed by atoms with Crippen molar-refractivity contribution in [2.24, 2.45) is 5.41 Å². The number of nitrogens with zero attached hydrogens (tertiary/aromatic N) is 2. The number of nitriles is 2. The second-order valence-electron chi connectivity index (χ2n) is 6.12. The summed E-state index contributed by atoms with van der Waals surface area (Å²) in [6, 6.07) is 17.2. The zero-order valence-corrected chi connectivity index (χ0v) is 14.6. The van der Waals surface area contributed by atoms with Crippen molar-refractivity contribution >= 4 is 9.84 Å². The van der Waals surface area contributed by atoms with Crippen LogP contribution in [0.4, 0.5) is 0 Å². The van der Waals surface area contributed by atoms with Crippen LogP contribution in [0.15, 0.2) is 53.4 Å². The van der Waals surface area contributed by atoms with Gasteiger partial charge in [0.25, 0.3) is 0 Å². The molecule has 0 aliphatic heterocycles. The Bertz CT molecular complexity index is 967. The Labute approximate surface area is 147 Å². The highest BCUT2D eigenvalue weighted by Gasteiger charge is 2.73. The quantitative estimate of drug-likeness (QED) is 0.843. The molecule has 0 aromatic heterocycles. The number of methoxy groups -OCH3 is 1. The summed E-state index contributed by atoms with van der Waals surface area (Å²) in [5, 5.41) is 18.0. The molecule has 0 heterocycles. The van der Waals surface area contributed by atoms with Gasteiger partial charge in [0.15, 0.2) is 15.3 Å². The number of hydrogen-bond donors (Lipinski definition) is 0. The largest absolute Gasteiger partial charge is 0.497 e. The highest BCUT2D eigenvalue weighted by molar-refractivity contribution is 7.92. The van der Waals surface area contributed by atoms with Gasteiger partial charge >= 0.3 is 0 Å². The smallest absolute Gasteiger partial charge is 0.184 e. The van der Waals surface area contributed by atoms with Crippen molar-refractivity contribution in [1.29, 1.82) is 10.5 Å². The lowest BCUT2D eigenvalue weighted by Crippen LogP contribution is -2.14. The summed E-state index contributed by atoms with van der Waals surface area (Å²) in [6.45, 7) is 1.86. The molecule has 3 rings (SSSR count). The topological polar surface area (TPSA) is 90.9 Å². The summed E-state index contributed by atoms with van der Waals surface area (Å²) in [7, 11) is -2.27. The van der Waals surface area contributed by atoms with E-state index in [0.29, 0.717) is 11.3 Å². The van der Waals surface area contributed by atoms with Gasteiger partial charge in [-0.25, -0.2) is 8.42 Å². The fourth-order valence-corrected chi connectivity index (χ4v) is 5.40. The molecule has 0 radical (unpaired) electrons. The molecule has 2 aromatic rings. The van der Waals surface area contributed by atoms with E-state index in [1.165, 1.54) is 19.2 Å². The van der Waals surface area contributed by atoms with E-state index in [1.807, 2.05) is 19.1 Å². The Balaban J connectivity index is 2.06. The number of rotatable bonds is 4. The van der Waals surface area contributed by atoms with Gasteiger partial charge in [-0.2, -0.15) is 10.5 Å². The van der Waals surface area contributed by atoms with Crippen LogP contribution in [0.1, 0.15) is 17.0 Å². The lowest BCUT2D eigenvalue weighted by atomic mass is 10.0. The molecule has 6 heteroatoms. The zero-order chi connectivity index (χ0) is 18.2. The Kier molecular flexibility index (Phi) is 4.02. The normalized spacial score (nSPS) is 21.0. The fraction of sp³-hybridized carbons (Fsp3) is 0.263. The van der Waals surface area contributed by atoms with Gasteiger partial charge in [-0.15, -0.1) is 0 Å². The van der Waals surface area contributed by atoms with Crippen LogP contribution in [0.3, 0.4) is 0 Å².